The van der Waals surface area contributed by atoms with Crippen LogP contribution in [0.5, 0.6) is 23.0 Å². The van der Waals surface area contributed by atoms with Crippen molar-refractivity contribution in [1.82, 2.24) is 5.43 Å². The molecule has 9 nitrogen and oxygen atoms in total. The van der Waals surface area contributed by atoms with Crippen molar-refractivity contribution in [2.75, 3.05) is 27.4 Å². The van der Waals surface area contributed by atoms with E-state index in [0.29, 0.717) is 44.3 Å². The number of ether oxygens (including phenoxy) is 4. The van der Waals surface area contributed by atoms with Gasteiger partial charge in [0.05, 0.1) is 30.6 Å². The predicted molar refractivity (Wildman–Crippen MR) is 118 cm³/mol. The molecule has 160 valence electrons. The van der Waals surface area contributed by atoms with E-state index in [9.17, 15) is 9.59 Å². The molecule has 2 aromatic rings. The number of hydrogen-bond donors (Lipinski definition) is 2. The highest BCUT2D eigenvalue weighted by Gasteiger charge is 2.13. The lowest BCUT2D eigenvalue weighted by atomic mass is 10.2. The molecule has 30 heavy (non-hydrogen) atoms. The van der Waals surface area contributed by atoms with Gasteiger partial charge < -0.3 is 24.1 Å². The Morgan fingerprint density at radius 1 is 1.10 bits per heavy atom. The number of benzene rings is 2. The van der Waals surface area contributed by atoms with Crippen LogP contribution in [0.25, 0.3) is 0 Å². The molecule has 2 aromatic carbocycles. The van der Waals surface area contributed by atoms with Crippen molar-refractivity contribution in [3.8, 4) is 23.0 Å². The first-order valence-corrected chi connectivity index (χ1v) is 9.83. The fourth-order valence-electron chi connectivity index (χ4n) is 2.40. The molecule has 0 atom stereocenters. The standard InChI is InChI=1S/C20H21IN2O7/c1-4-29-15-6-5-13(9-16(15)27-2)20(26)23-22-10-12-7-14(21)19(17(8-12)28-3)30-11-18(24)25/h5-10H,4,11H2,1-3H3,(H,23,26)(H,24,25)/b22-10+. The predicted octanol–water partition coefficient (Wildman–Crippen LogP) is 2.93. The fraction of sp³-hybridized carbons (Fsp3) is 0.250. The average Bonchev–Trinajstić information content (AvgIpc) is 2.72. The number of carbonyl (C=O) groups is 2. The minimum absolute atomic E-state index is 0.322. The molecule has 0 aliphatic heterocycles. The van der Waals surface area contributed by atoms with Crippen LogP contribution in [0, 0.1) is 3.57 Å². The lowest BCUT2D eigenvalue weighted by Crippen LogP contribution is -2.17. The fourth-order valence-corrected chi connectivity index (χ4v) is 3.18. The maximum Gasteiger partial charge on any atom is 0.341 e. The molecule has 0 saturated carbocycles. The smallest absolute Gasteiger partial charge is 0.341 e. The summed E-state index contributed by atoms with van der Waals surface area (Å²) in [5.41, 5.74) is 3.43. The van der Waals surface area contributed by atoms with Gasteiger partial charge in [-0.2, -0.15) is 5.10 Å². The SMILES string of the molecule is CCOc1ccc(C(=O)N/N=C/c2cc(I)c(OCC(=O)O)c(OC)c2)cc1OC. The summed E-state index contributed by atoms with van der Waals surface area (Å²) in [5.74, 6) is 0.162. The minimum atomic E-state index is -1.09. The third-order valence-corrected chi connectivity index (χ3v) is 4.50. The monoisotopic (exact) mass is 528 g/mol. The molecule has 2 N–H and O–H groups in total. The zero-order valence-corrected chi connectivity index (χ0v) is 18.8. The Morgan fingerprint density at radius 3 is 2.47 bits per heavy atom. The molecule has 0 spiro atoms. The number of rotatable bonds is 10. The van der Waals surface area contributed by atoms with E-state index >= 15 is 0 Å². The van der Waals surface area contributed by atoms with Crippen molar-refractivity contribution < 1.29 is 33.6 Å². The molecule has 0 aromatic heterocycles. The van der Waals surface area contributed by atoms with Crippen LogP contribution in [0.2, 0.25) is 0 Å². The lowest BCUT2D eigenvalue weighted by molar-refractivity contribution is -0.139. The van der Waals surface area contributed by atoms with Crippen LogP contribution >= 0.6 is 22.6 Å². The zero-order valence-electron chi connectivity index (χ0n) is 16.6. The van der Waals surface area contributed by atoms with Gasteiger partial charge >= 0.3 is 5.97 Å². The van der Waals surface area contributed by atoms with Gasteiger partial charge in [0.2, 0.25) is 0 Å². The molecule has 0 unspecified atom stereocenters. The van der Waals surface area contributed by atoms with Crippen LogP contribution in [0.3, 0.4) is 0 Å². The molecule has 10 heteroatoms. The van der Waals surface area contributed by atoms with Crippen molar-refractivity contribution >= 4 is 40.7 Å². The Balaban J connectivity index is 2.11. The summed E-state index contributed by atoms with van der Waals surface area (Å²) in [6.07, 6.45) is 1.44. The summed E-state index contributed by atoms with van der Waals surface area (Å²) in [6.45, 7) is 1.85. The number of nitrogens with one attached hydrogen (secondary N) is 1. The van der Waals surface area contributed by atoms with E-state index < -0.39 is 18.5 Å². The Bertz CT molecular complexity index is 947. The Labute approximate surface area is 187 Å². The van der Waals surface area contributed by atoms with E-state index in [4.69, 9.17) is 24.1 Å². The molecular weight excluding hydrogens is 507 g/mol. The third-order valence-electron chi connectivity index (χ3n) is 3.70. The van der Waals surface area contributed by atoms with E-state index in [-0.39, 0.29) is 0 Å². The van der Waals surface area contributed by atoms with Gasteiger partial charge in [-0.15, -0.1) is 0 Å². The topological polar surface area (TPSA) is 116 Å². The lowest BCUT2D eigenvalue weighted by Gasteiger charge is -2.12. The van der Waals surface area contributed by atoms with E-state index in [2.05, 4.69) is 10.5 Å². The maximum atomic E-state index is 12.3. The Morgan fingerprint density at radius 2 is 1.83 bits per heavy atom. The van der Waals surface area contributed by atoms with Gasteiger partial charge in [0.25, 0.3) is 5.91 Å². The van der Waals surface area contributed by atoms with Gasteiger partial charge in [-0.25, -0.2) is 10.2 Å². The number of aliphatic carboxylic acids is 1. The highest BCUT2D eigenvalue weighted by molar-refractivity contribution is 14.1. The Hall–Kier alpha value is -3.02. The van der Waals surface area contributed by atoms with E-state index in [0.717, 1.165) is 0 Å². The van der Waals surface area contributed by atoms with Crippen LogP contribution in [0.4, 0.5) is 0 Å². The second-order valence-corrected chi connectivity index (χ2v) is 6.88. The quantitative estimate of drug-likeness (QED) is 0.277. The van der Waals surface area contributed by atoms with Gasteiger partial charge in [-0.3, -0.25) is 4.79 Å². The average molecular weight is 528 g/mol. The normalized spacial score (nSPS) is 10.5. The van der Waals surface area contributed by atoms with Gasteiger partial charge in [-0.1, -0.05) is 0 Å². The number of amides is 1. The molecule has 0 radical (unpaired) electrons. The number of carboxylic acids is 1. The van der Waals surface area contributed by atoms with Crippen LogP contribution in [0.15, 0.2) is 35.4 Å². The van der Waals surface area contributed by atoms with Crippen LogP contribution in [-0.4, -0.2) is 50.6 Å². The van der Waals surface area contributed by atoms with Crippen molar-refractivity contribution in [1.29, 1.82) is 0 Å². The second-order valence-electron chi connectivity index (χ2n) is 5.71. The van der Waals surface area contributed by atoms with Gasteiger partial charge in [0.1, 0.15) is 0 Å². The first-order valence-electron chi connectivity index (χ1n) is 8.76. The number of carboxylic acid groups (broad SMARTS) is 1. The molecule has 0 aliphatic rings. The minimum Gasteiger partial charge on any atom is -0.493 e. The van der Waals surface area contributed by atoms with E-state index in [1.165, 1.54) is 20.4 Å². The highest BCUT2D eigenvalue weighted by Crippen LogP contribution is 2.33. The summed E-state index contributed by atoms with van der Waals surface area (Å²) in [6, 6.07) is 8.17. The largest absolute Gasteiger partial charge is 0.493 e. The number of methoxy groups -OCH3 is 2. The van der Waals surface area contributed by atoms with Crippen molar-refractivity contribution in [3.05, 3.63) is 45.0 Å². The molecule has 2 rings (SSSR count). The number of hydrogen-bond acceptors (Lipinski definition) is 7. The van der Waals surface area contributed by atoms with Crippen molar-refractivity contribution in [2.24, 2.45) is 5.10 Å². The Kier molecular flexibility index (Phi) is 8.71. The second kappa shape index (κ2) is 11.2. The van der Waals surface area contributed by atoms with Gasteiger partial charge in [-0.05, 0) is 65.4 Å². The number of hydrazone groups is 1. The van der Waals surface area contributed by atoms with Crippen molar-refractivity contribution in [2.45, 2.75) is 6.92 Å². The van der Waals surface area contributed by atoms with Gasteiger partial charge in [0.15, 0.2) is 29.6 Å². The third kappa shape index (κ3) is 6.24. The maximum absolute atomic E-state index is 12.3. The van der Waals surface area contributed by atoms with Crippen molar-refractivity contribution in [3.63, 3.8) is 0 Å². The molecule has 0 fully saturated rings. The summed E-state index contributed by atoms with van der Waals surface area (Å²) in [7, 11) is 2.94. The summed E-state index contributed by atoms with van der Waals surface area (Å²) >= 11 is 2.00. The van der Waals surface area contributed by atoms with Crippen LogP contribution in [-0.2, 0) is 4.79 Å². The van der Waals surface area contributed by atoms with Gasteiger partial charge in [0, 0.05) is 5.56 Å². The number of carbonyl (C=O) groups excluding carboxylic acids is 1. The zero-order chi connectivity index (χ0) is 22.1. The molecule has 0 heterocycles. The summed E-state index contributed by atoms with van der Waals surface area (Å²) < 4.78 is 21.8. The summed E-state index contributed by atoms with van der Waals surface area (Å²) in [5, 5.41) is 12.7. The highest BCUT2D eigenvalue weighted by atomic mass is 127. The number of halogens is 1. The number of nitrogens with zero attached hydrogens (tertiary/aromatic N) is 1. The molecule has 0 saturated heterocycles. The first kappa shape index (κ1) is 23.3. The molecule has 0 aliphatic carbocycles. The van der Waals surface area contributed by atoms with Crippen LogP contribution < -0.4 is 24.4 Å². The molecular formula is C20H21IN2O7. The van der Waals surface area contributed by atoms with Crippen LogP contribution in [0.1, 0.15) is 22.8 Å². The summed E-state index contributed by atoms with van der Waals surface area (Å²) in [4.78, 5) is 23.1. The van der Waals surface area contributed by atoms with E-state index in [1.807, 2.05) is 29.5 Å². The van der Waals surface area contributed by atoms with E-state index in [1.54, 1.807) is 30.3 Å². The first-order chi connectivity index (χ1) is 14.4. The molecule has 0 bridgehead atoms. The molecule has 1 amide bonds.